The van der Waals surface area contributed by atoms with Crippen LogP contribution in [0, 0.1) is 0 Å². The maximum absolute atomic E-state index is 13.7. The van der Waals surface area contributed by atoms with Gasteiger partial charge in [-0.2, -0.15) is 0 Å². The summed E-state index contributed by atoms with van der Waals surface area (Å²) in [5, 5.41) is 3.78. The van der Waals surface area contributed by atoms with Gasteiger partial charge < -0.3 is 20.9 Å². The van der Waals surface area contributed by atoms with Crippen LogP contribution in [0.1, 0.15) is 18.0 Å². The summed E-state index contributed by atoms with van der Waals surface area (Å²) in [5.41, 5.74) is 8.36. The predicted molar refractivity (Wildman–Crippen MR) is 147 cm³/mol. The lowest BCUT2D eigenvalue weighted by molar-refractivity contribution is -0.117. The van der Waals surface area contributed by atoms with Gasteiger partial charge in [-0.15, -0.1) is 0 Å². The highest BCUT2D eigenvalue weighted by atomic mass is 35.5. The van der Waals surface area contributed by atoms with Gasteiger partial charge in [0.2, 0.25) is 0 Å². The third-order valence-electron chi connectivity index (χ3n) is 6.27. The minimum Gasteiger partial charge on any atom is -0.370 e. The molecule has 3 N–H and O–H groups in total. The lowest BCUT2D eigenvalue weighted by atomic mass is 10.0. The Morgan fingerprint density at radius 3 is 2.28 bits per heavy atom. The first kappa shape index (κ1) is 25.8. The highest BCUT2D eigenvalue weighted by Gasteiger charge is 2.33. The molecule has 4 rings (SSSR count). The first-order valence-corrected chi connectivity index (χ1v) is 12.5. The van der Waals surface area contributed by atoms with E-state index in [0.717, 1.165) is 38.3 Å². The Morgan fingerprint density at radius 2 is 1.61 bits per heavy atom. The van der Waals surface area contributed by atoms with Gasteiger partial charge in [0.25, 0.3) is 5.91 Å². The Hall–Kier alpha value is -3.26. The van der Waals surface area contributed by atoms with Gasteiger partial charge in [0, 0.05) is 52.3 Å². The molecule has 3 aromatic rings. The normalized spacial score (nSPS) is 15.1. The molecular formula is C27H29Cl2N5O2. The number of carbonyl (C=O) groups excluding carboxylic acids is 2. The molecule has 9 heteroatoms. The Morgan fingerprint density at radius 1 is 0.917 bits per heavy atom. The summed E-state index contributed by atoms with van der Waals surface area (Å²) in [6, 6.07) is 19.3. The van der Waals surface area contributed by atoms with Gasteiger partial charge in [-0.25, -0.2) is 4.79 Å². The van der Waals surface area contributed by atoms with Crippen LogP contribution in [0.5, 0.6) is 0 Å². The number of likely N-dealkylation sites (N-methyl/N-ethyl adjacent to an activating group) is 1. The van der Waals surface area contributed by atoms with Gasteiger partial charge in [-0.05, 0) is 74.6 Å². The first-order chi connectivity index (χ1) is 17.3. The van der Waals surface area contributed by atoms with Crippen LogP contribution in [0.2, 0.25) is 10.0 Å². The van der Waals surface area contributed by atoms with E-state index in [1.165, 1.54) is 4.90 Å². The number of hydrogen-bond acceptors (Lipinski definition) is 4. The van der Waals surface area contributed by atoms with Crippen molar-refractivity contribution in [1.82, 2.24) is 4.90 Å². The second-order valence-corrected chi connectivity index (χ2v) is 9.63. The zero-order valence-corrected chi connectivity index (χ0v) is 21.5. The van der Waals surface area contributed by atoms with Gasteiger partial charge in [-0.3, -0.25) is 9.69 Å². The molecule has 1 unspecified atom stereocenters. The van der Waals surface area contributed by atoms with E-state index in [4.69, 9.17) is 28.9 Å². The van der Waals surface area contributed by atoms with Gasteiger partial charge in [0.15, 0.2) is 0 Å². The molecule has 0 bridgehead atoms. The molecule has 36 heavy (non-hydrogen) atoms. The molecule has 0 spiro atoms. The van der Waals surface area contributed by atoms with Crippen LogP contribution in [0.15, 0.2) is 72.8 Å². The van der Waals surface area contributed by atoms with Gasteiger partial charge in [0.05, 0.1) is 0 Å². The van der Waals surface area contributed by atoms with Crippen LogP contribution in [-0.4, -0.2) is 50.1 Å². The topological polar surface area (TPSA) is 81.9 Å². The summed E-state index contributed by atoms with van der Waals surface area (Å²) >= 11 is 12.5. The summed E-state index contributed by atoms with van der Waals surface area (Å²) in [6.45, 7) is 4.02. The Balaban J connectivity index is 1.61. The number of urea groups is 1. The summed E-state index contributed by atoms with van der Waals surface area (Å²) in [6.07, 6.45) is 1.10. The number of rotatable bonds is 6. The Labute approximate surface area is 221 Å². The molecule has 7 nitrogen and oxygen atoms in total. The first-order valence-electron chi connectivity index (χ1n) is 11.8. The summed E-state index contributed by atoms with van der Waals surface area (Å²) in [7, 11) is 2.14. The van der Waals surface area contributed by atoms with Crippen molar-refractivity contribution in [3.8, 4) is 0 Å². The van der Waals surface area contributed by atoms with Crippen LogP contribution in [-0.2, 0) is 4.79 Å². The van der Waals surface area contributed by atoms with Crippen LogP contribution < -0.4 is 20.9 Å². The second-order valence-electron chi connectivity index (χ2n) is 8.79. The van der Waals surface area contributed by atoms with Gasteiger partial charge in [-0.1, -0.05) is 41.4 Å². The molecule has 1 aliphatic heterocycles. The lowest BCUT2D eigenvalue weighted by Gasteiger charge is -2.30. The number of nitrogens with zero attached hydrogens (tertiary/aromatic N) is 3. The van der Waals surface area contributed by atoms with E-state index < -0.39 is 18.0 Å². The lowest BCUT2D eigenvalue weighted by Crippen LogP contribution is -2.44. The van der Waals surface area contributed by atoms with E-state index in [-0.39, 0.29) is 0 Å². The van der Waals surface area contributed by atoms with Crippen LogP contribution in [0.3, 0.4) is 0 Å². The molecule has 1 aliphatic rings. The standard InChI is InChI=1S/C27H29Cl2N5O2/c1-32-15-4-16-33(18-17-32)21-13-9-20(10-14-21)31-26(35)25(23-5-2-3-6-24(23)29)34(27(30)36)22-11-7-19(28)8-12-22/h2-3,5-14,25H,4,15-18H2,1H3,(H2,30,36)(H,31,35). The number of nitrogens with one attached hydrogen (secondary N) is 1. The van der Waals surface area contributed by atoms with E-state index >= 15 is 0 Å². The minimum absolute atomic E-state index is 0.347. The number of carbonyl (C=O) groups is 2. The Kier molecular flexibility index (Phi) is 8.36. The van der Waals surface area contributed by atoms with Crippen molar-refractivity contribution < 1.29 is 9.59 Å². The molecule has 1 heterocycles. The zero-order valence-electron chi connectivity index (χ0n) is 20.0. The molecule has 0 aliphatic carbocycles. The number of primary amides is 1. The fourth-order valence-corrected chi connectivity index (χ4v) is 4.74. The van der Waals surface area contributed by atoms with Crippen molar-refractivity contribution in [2.24, 2.45) is 5.73 Å². The molecular weight excluding hydrogens is 497 g/mol. The summed E-state index contributed by atoms with van der Waals surface area (Å²) < 4.78 is 0. The van der Waals surface area contributed by atoms with Crippen molar-refractivity contribution in [2.45, 2.75) is 12.5 Å². The zero-order chi connectivity index (χ0) is 25.7. The van der Waals surface area contributed by atoms with Crippen molar-refractivity contribution in [2.75, 3.05) is 48.3 Å². The monoisotopic (exact) mass is 525 g/mol. The largest absolute Gasteiger partial charge is 0.370 e. The third kappa shape index (κ3) is 6.10. The summed E-state index contributed by atoms with van der Waals surface area (Å²) in [4.78, 5) is 32.2. The molecule has 0 radical (unpaired) electrons. The van der Waals surface area contributed by atoms with Crippen LogP contribution in [0.4, 0.5) is 21.9 Å². The quantitative estimate of drug-likeness (QED) is 0.451. The third-order valence-corrected chi connectivity index (χ3v) is 6.86. The van der Waals surface area contributed by atoms with Crippen molar-refractivity contribution in [3.05, 3.63) is 88.4 Å². The number of nitrogens with two attached hydrogens (primary N) is 1. The number of benzene rings is 3. The molecule has 3 aromatic carbocycles. The SMILES string of the molecule is CN1CCCN(c2ccc(NC(=O)C(c3ccccc3Cl)N(C(N)=O)c3ccc(Cl)cc3)cc2)CC1. The fraction of sp³-hybridized carbons (Fsp3) is 0.259. The average molecular weight is 526 g/mol. The van der Waals surface area contributed by atoms with Crippen molar-refractivity contribution in [3.63, 3.8) is 0 Å². The minimum atomic E-state index is -1.10. The number of halogens is 2. The fourth-order valence-electron chi connectivity index (χ4n) is 4.37. The molecule has 0 aromatic heterocycles. The molecule has 3 amide bonds. The molecule has 0 saturated carbocycles. The molecule has 1 saturated heterocycles. The highest BCUT2D eigenvalue weighted by Crippen LogP contribution is 2.33. The van der Waals surface area contributed by atoms with E-state index in [2.05, 4.69) is 22.2 Å². The Bertz CT molecular complexity index is 1200. The van der Waals surface area contributed by atoms with Gasteiger partial charge >= 0.3 is 6.03 Å². The maximum Gasteiger partial charge on any atom is 0.320 e. The van der Waals surface area contributed by atoms with Crippen LogP contribution in [0.25, 0.3) is 0 Å². The van der Waals surface area contributed by atoms with E-state index in [1.807, 2.05) is 24.3 Å². The molecule has 188 valence electrons. The van der Waals surface area contributed by atoms with Crippen molar-refractivity contribution >= 4 is 52.2 Å². The van der Waals surface area contributed by atoms with Crippen molar-refractivity contribution in [1.29, 1.82) is 0 Å². The van der Waals surface area contributed by atoms with E-state index in [9.17, 15) is 9.59 Å². The second kappa shape index (κ2) is 11.6. The van der Waals surface area contributed by atoms with E-state index in [0.29, 0.717) is 27.0 Å². The van der Waals surface area contributed by atoms with E-state index in [1.54, 1.807) is 48.5 Å². The maximum atomic E-state index is 13.7. The highest BCUT2D eigenvalue weighted by molar-refractivity contribution is 6.32. The van der Waals surface area contributed by atoms with Gasteiger partial charge in [0.1, 0.15) is 6.04 Å². The van der Waals surface area contributed by atoms with Crippen LogP contribution >= 0.6 is 23.2 Å². The molecule has 1 fully saturated rings. The smallest absolute Gasteiger partial charge is 0.320 e. The average Bonchev–Trinajstić information content (AvgIpc) is 3.08. The number of anilines is 3. The summed E-state index contributed by atoms with van der Waals surface area (Å²) in [5.74, 6) is -0.444. The number of amides is 3. The number of hydrogen-bond donors (Lipinski definition) is 2. The molecule has 1 atom stereocenters. The predicted octanol–water partition coefficient (Wildman–Crippen LogP) is 5.40.